The Balaban J connectivity index is 1.71. The van der Waals surface area contributed by atoms with Gasteiger partial charge < -0.3 is 19.7 Å². The predicted octanol–water partition coefficient (Wildman–Crippen LogP) is 2.43. The number of pyridine rings is 1. The number of nitrogens with zero attached hydrogens (tertiary/aromatic N) is 2. The van der Waals surface area contributed by atoms with Gasteiger partial charge in [0.15, 0.2) is 11.5 Å². The molecule has 1 aromatic heterocycles. The third kappa shape index (κ3) is 3.27. The number of benzene rings is 1. The number of carbonyl (C=O) groups is 1. The molecule has 3 rings (SSSR count). The van der Waals surface area contributed by atoms with Crippen LogP contribution in [0.4, 0.5) is 5.69 Å². The minimum atomic E-state index is -0.0405. The van der Waals surface area contributed by atoms with Gasteiger partial charge in [0.2, 0.25) is 0 Å². The Labute approximate surface area is 141 Å². The minimum Gasteiger partial charge on any atom is -0.493 e. The first-order valence-electron chi connectivity index (χ1n) is 7.89. The number of hydrogen-bond donors (Lipinski definition) is 1. The van der Waals surface area contributed by atoms with Crippen molar-refractivity contribution >= 4 is 11.6 Å². The van der Waals surface area contributed by atoms with Crippen molar-refractivity contribution in [1.82, 2.24) is 9.88 Å². The largest absolute Gasteiger partial charge is 0.493 e. The van der Waals surface area contributed by atoms with E-state index in [1.54, 1.807) is 44.8 Å². The molecule has 1 aliphatic heterocycles. The number of anilines is 1. The van der Waals surface area contributed by atoms with Crippen LogP contribution in [0.1, 0.15) is 16.8 Å². The van der Waals surface area contributed by atoms with Crippen LogP contribution >= 0.6 is 0 Å². The highest BCUT2D eigenvalue weighted by molar-refractivity contribution is 5.98. The van der Waals surface area contributed by atoms with E-state index in [0.717, 1.165) is 12.1 Å². The molecule has 6 nitrogen and oxygen atoms in total. The standard InChI is InChI=1S/C18H21N3O3/c1-23-16-7-3-6-15(17(16)24-2)18(22)21-10-8-14(12-21)20-13-5-4-9-19-11-13/h3-7,9,11,14,20H,8,10,12H2,1-2H3/t14-/m0/s1. The predicted molar refractivity (Wildman–Crippen MR) is 91.7 cm³/mol. The molecule has 1 N–H and O–H groups in total. The number of likely N-dealkylation sites (tertiary alicyclic amines) is 1. The van der Waals surface area contributed by atoms with Gasteiger partial charge in [-0.1, -0.05) is 6.07 Å². The fraction of sp³-hybridized carbons (Fsp3) is 0.333. The summed E-state index contributed by atoms with van der Waals surface area (Å²) in [4.78, 5) is 18.8. The molecule has 6 heteroatoms. The topological polar surface area (TPSA) is 63.7 Å². The molecule has 1 saturated heterocycles. The van der Waals surface area contributed by atoms with Crippen molar-refractivity contribution in [2.75, 3.05) is 32.6 Å². The number of aromatic nitrogens is 1. The van der Waals surface area contributed by atoms with E-state index in [1.165, 1.54) is 0 Å². The Morgan fingerprint density at radius 3 is 2.83 bits per heavy atom. The molecule has 0 aliphatic carbocycles. The van der Waals surface area contributed by atoms with Crippen LogP contribution in [-0.2, 0) is 0 Å². The van der Waals surface area contributed by atoms with E-state index in [1.807, 2.05) is 17.0 Å². The van der Waals surface area contributed by atoms with Crippen molar-refractivity contribution in [3.63, 3.8) is 0 Å². The zero-order valence-corrected chi connectivity index (χ0v) is 13.9. The van der Waals surface area contributed by atoms with E-state index in [0.29, 0.717) is 30.2 Å². The SMILES string of the molecule is COc1cccc(C(=O)N2CC[C@H](Nc3cccnc3)C2)c1OC. The molecule has 1 fully saturated rings. The van der Waals surface area contributed by atoms with Crippen LogP contribution in [0.5, 0.6) is 11.5 Å². The Kier molecular flexibility index (Phi) is 4.84. The van der Waals surface area contributed by atoms with Crippen LogP contribution in [0.25, 0.3) is 0 Å². The van der Waals surface area contributed by atoms with E-state index in [-0.39, 0.29) is 11.9 Å². The second-order valence-corrected chi connectivity index (χ2v) is 5.66. The summed E-state index contributed by atoms with van der Waals surface area (Å²) in [5, 5.41) is 3.42. The number of carbonyl (C=O) groups excluding carboxylic acids is 1. The van der Waals surface area contributed by atoms with E-state index in [4.69, 9.17) is 9.47 Å². The highest BCUT2D eigenvalue weighted by Gasteiger charge is 2.29. The van der Waals surface area contributed by atoms with Gasteiger partial charge in [-0.15, -0.1) is 0 Å². The molecule has 24 heavy (non-hydrogen) atoms. The molecule has 0 unspecified atom stereocenters. The van der Waals surface area contributed by atoms with Crippen LogP contribution in [0.2, 0.25) is 0 Å². The molecule has 0 bridgehead atoms. The van der Waals surface area contributed by atoms with E-state index in [9.17, 15) is 4.79 Å². The van der Waals surface area contributed by atoms with Crippen molar-refractivity contribution < 1.29 is 14.3 Å². The minimum absolute atomic E-state index is 0.0405. The van der Waals surface area contributed by atoms with Gasteiger partial charge in [-0.2, -0.15) is 0 Å². The fourth-order valence-electron chi connectivity index (χ4n) is 2.97. The maximum Gasteiger partial charge on any atom is 0.257 e. The molecular weight excluding hydrogens is 306 g/mol. The van der Waals surface area contributed by atoms with Gasteiger partial charge in [0.1, 0.15) is 0 Å². The molecular formula is C18H21N3O3. The van der Waals surface area contributed by atoms with Crippen LogP contribution in [0.15, 0.2) is 42.7 Å². The second-order valence-electron chi connectivity index (χ2n) is 5.66. The lowest BCUT2D eigenvalue weighted by atomic mass is 10.1. The van der Waals surface area contributed by atoms with Gasteiger partial charge in [-0.3, -0.25) is 9.78 Å². The number of nitrogens with one attached hydrogen (secondary N) is 1. The molecule has 126 valence electrons. The molecule has 1 amide bonds. The number of amides is 1. The number of para-hydroxylation sites is 1. The van der Waals surface area contributed by atoms with Gasteiger partial charge in [0.25, 0.3) is 5.91 Å². The summed E-state index contributed by atoms with van der Waals surface area (Å²) < 4.78 is 10.6. The van der Waals surface area contributed by atoms with Gasteiger partial charge >= 0.3 is 0 Å². The molecule has 1 atom stereocenters. The van der Waals surface area contributed by atoms with Gasteiger partial charge in [-0.25, -0.2) is 0 Å². The summed E-state index contributed by atoms with van der Waals surface area (Å²) >= 11 is 0. The molecule has 2 aromatic rings. The summed E-state index contributed by atoms with van der Waals surface area (Å²) in [6.07, 6.45) is 4.42. The molecule has 2 heterocycles. The van der Waals surface area contributed by atoms with Crippen LogP contribution < -0.4 is 14.8 Å². The third-order valence-electron chi connectivity index (χ3n) is 4.14. The van der Waals surface area contributed by atoms with Crippen molar-refractivity contribution in [1.29, 1.82) is 0 Å². The average molecular weight is 327 g/mol. The highest BCUT2D eigenvalue weighted by atomic mass is 16.5. The molecule has 0 spiro atoms. The summed E-state index contributed by atoms with van der Waals surface area (Å²) in [7, 11) is 3.11. The zero-order chi connectivity index (χ0) is 16.9. The average Bonchev–Trinajstić information content (AvgIpc) is 3.09. The first-order valence-corrected chi connectivity index (χ1v) is 7.89. The first-order chi connectivity index (χ1) is 11.7. The monoisotopic (exact) mass is 327 g/mol. The van der Waals surface area contributed by atoms with Gasteiger partial charge in [0, 0.05) is 31.5 Å². The zero-order valence-electron chi connectivity index (χ0n) is 13.9. The molecule has 0 saturated carbocycles. The highest BCUT2D eigenvalue weighted by Crippen LogP contribution is 2.32. The normalized spacial score (nSPS) is 16.8. The lowest BCUT2D eigenvalue weighted by molar-refractivity contribution is 0.0787. The Hall–Kier alpha value is -2.76. The third-order valence-corrected chi connectivity index (χ3v) is 4.14. The van der Waals surface area contributed by atoms with E-state index < -0.39 is 0 Å². The molecule has 0 radical (unpaired) electrons. The second kappa shape index (κ2) is 7.21. The molecule has 1 aromatic carbocycles. The Bertz CT molecular complexity index is 706. The number of hydrogen-bond acceptors (Lipinski definition) is 5. The maximum absolute atomic E-state index is 12.8. The van der Waals surface area contributed by atoms with Crippen LogP contribution in [0.3, 0.4) is 0 Å². The van der Waals surface area contributed by atoms with Crippen LogP contribution in [0, 0.1) is 0 Å². The number of methoxy groups -OCH3 is 2. The quantitative estimate of drug-likeness (QED) is 0.914. The maximum atomic E-state index is 12.8. The smallest absolute Gasteiger partial charge is 0.257 e. The summed E-state index contributed by atoms with van der Waals surface area (Å²) in [6.45, 7) is 1.35. The van der Waals surface area contributed by atoms with Gasteiger partial charge in [-0.05, 0) is 30.7 Å². The summed E-state index contributed by atoms with van der Waals surface area (Å²) in [6, 6.07) is 9.44. The summed E-state index contributed by atoms with van der Waals surface area (Å²) in [5.41, 5.74) is 1.50. The van der Waals surface area contributed by atoms with Crippen molar-refractivity contribution in [2.24, 2.45) is 0 Å². The fourth-order valence-corrected chi connectivity index (χ4v) is 2.97. The van der Waals surface area contributed by atoms with Crippen molar-refractivity contribution in [3.05, 3.63) is 48.3 Å². The van der Waals surface area contributed by atoms with Gasteiger partial charge in [0.05, 0.1) is 25.5 Å². The Morgan fingerprint density at radius 1 is 1.25 bits per heavy atom. The lowest BCUT2D eigenvalue weighted by Gasteiger charge is -2.19. The summed E-state index contributed by atoms with van der Waals surface area (Å²) in [5.74, 6) is 1.00. The van der Waals surface area contributed by atoms with Crippen molar-refractivity contribution in [2.45, 2.75) is 12.5 Å². The Morgan fingerprint density at radius 2 is 2.12 bits per heavy atom. The number of rotatable bonds is 5. The molecule has 1 aliphatic rings. The van der Waals surface area contributed by atoms with E-state index >= 15 is 0 Å². The first kappa shape index (κ1) is 16.1. The van der Waals surface area contributed by atoms with Crippen LogP contribution in [-0.4, -0.2) is 49.1 Å². The lowest BCUT2D eigenvalue weighted by Crippen LogP contribution is -2.31. The van der Waals surface area contributed by atoms with E-state index in [2.05, 4.69) is 10.3 Å². The van der Waals surface area contributed by atoms with Crippen molar-refractivity contribution in [3.8, 4) is 11.5 Å². The number of ether oxygens (including phenoxy) is 2.